The minimum Gasteiger partial charge on any atom is -0.492 e. The molecule has 0 atom stereocenters. The smallest absolute Gasteiger partial charge is 0.145 e. The molecule has 0 spiro atoms. The van der Waals surface area contributed by atoms with Gasteiger partial charge in [0.05, 0.1) is 13.7 Å². The van der Waals surface area contributed by atoms with Crippen LogP contribution in [0, 0.1) is 0 Å². The van der Waals surface area contributed by atoms with Crippen molar-refractivity contribution >= 4 is 10.9 Å². The zero-order chi connectivity index (χ0) is 12.1. The normalized spacial score (nSPS) is 10.7. The van der Waals surface area contributed by atoms with Crippen LogP contribution in [0.2, 0.25) is 0 Å². The van der Waals surface area contributed by atoms with Crippen LogP contribution >= 0.6 is 0 Å². The summed E-state index contributed by atoms with van der Waals surface area (Å²) in [6, 6.07) is 7.94. The Balaban J connectivity index is 2.46. The third-order valence-corrected chi connectivity index (χ3v) is 2.53. The van der Waals surface area contributed by atoms with Crippen molar-refractivity contribution in [1.82, 2.24) is 10.5 Å². The fourth-order valence-electron chi connectivity index (χ4n) is 1.78. The van der Waals surface area contributed by atoms with Crippen molar-refractivity contribution < 1.29 is 9.57 Å². The molecule has 0 saturated heterocycles. The van der Waals surface area contributed by atoms with E-state index in [1.807, 2.05) is 31.2 Å². The number of aromatic nitrogens is 1. The van der Waals surface area contributed by atoms with Gasteiger partial charge in [-0.1, -0.05) is 12.1 Å². The maximum absolute atomic E-state index is 5.56. The lowest BCUT2D eigenvalue weighted by molar-refractivity contribution is 0.0870. The number of fused-ring (bicyclic) bond motifs is 1. The van der Waals surface area contributed by atoms with Crippen LogP contribution in [-0.2, 0) is 11.4 Å². The van der Waals surface area contributed by atoms with E-state index in [1.165, 1.54) is 0 Å². The van der Waals surface area contributed by atoms with Crippen molar-refractivity contribution in [3.05, 3.63) is 36.0 Å². The van der Waals surface area contributed by atoms with Gasteiger partial charge in [0.25, 0.3) is 0 Å². The van der Waals surface area contributed by atoms with Crippen LogP contribution in [0.15, 0.2) is 30.5 Å². The Bertz CT molecular complexity index is 500. The largest absolute Gasteiger partial charge is 0.492 e. The first-order valence-corrected chi connectivity index (χ1v) is 5.62. The van der Waals surface area contributed by atoms with Crippen LogP contribution in [0.25, 0.3) is 10.9 Å². The van der Waals surface area contributed by atoms with E-state index < -0.39 is 0 Å². The molecule has 0 saturated carbocycles. The number of rotatable bonds is 5. The molecule has 0 fully saturated rings. The fourth-order valence-corrected chi connectivity index (χ4v) is 1.78. The minimum absolute atomic E-state index is 0.640. The zero-order valence-corrected chi connectivity index (χ0v) is 10.1. The lowest BCUT2D eigenvalue weighted by Gasteiger charge is -2.10. The highest BCUT2D eigenvalue weighted by atomic mass is 16.6. The van der Waals surface area contributed by atoms with Gasteiger partial charge in [-0.05, 0) is 24.6 Å². The van der Waals surface area contributed by atoms with Crippen LogP contribution in [-0.4, -0.2) is 18.7 Å². The van der Waals surface area contributed by atoms with Crippen molar-refractivity contribution in [3.63, 3.8) is 0 Å². The predicted molar refractivity (Wildman–Crippen MR) is 66.8 cm³/mol. The Labute approximate surface area is 101 Å². The second kappa shape index (κ2) is 5.61. The molecule has 1 N–H and O–H groups in total. The molecule has 90 valence electrons. The van der Waals surface area contributed by atoms with E-state index in [0.717, 1.165) is 22.2 Å². The van der Waals surface area contributed by atoms with Crippen molar-refractivity contribution in [1.29, 1.82) is 0 Å². The fraction of sp³-hybridized carbons (Fsp3) is 0.308. The summed E-state index contributed by atoms with van der Waals surface area (Å²) in [4.78, 5) is 9.25. The molecule has 4 nitrogen and oxygen atoms in total. The maximum Gasteiger partial charge on any atom is 0.145 e. The molecule has 0 radical (unpaired) electrons. The number of pyridine rings is 1. The lowest BCUT2D eigenvalue weighted by atomic mass is 10.1. The van der Waals surface area contributed by atoms with Crippen LogP contribution in [0.3, 0.4) is 0 Å². The molecule has 17 heavy (non-hydrogen) atoms. The third kappa shape index (κ3) is 2.54. The van der Waals surface area contributed by atoms with Crippen molar-refractivity contribution in [2.24, 2.45) is 0 Å². The topological polar surface area (TPSA) is 43.4 Å². The number of nitrogens with zero attached hydrogens (tertiary/aromatic N) is 1. The van der Waals surface area contributed by atoms with E-state index in [1.54, 1.807) is 13.3 Å². The summed E-state index contributed by atoms with van der Waals surface area (Å²) in [5, 5.41) is 1.09. The summed E-state index contributed by atoms with van der Waals surface area (Å²) < 4.78 is 5.56. The maximum atomic E-state index is 5.56. The van der Waals surface area contributed by atoms with Gasteiger partial charge in [0.2, 0.25) is 0 Å². The Morgan fingerprint density at radius 3 is 2.94 bits per heavy atom. The van der Waals surface area contributed by atoms with E-state index in [2.05, 4.69) is 10.5 Å². The van der Waals surface area contributed by atoms with Gasteiger partial charge < -0.3 is 9.57 Å². The first kappa shape index (κ1) is 11.8. The molecule has 0 bridgehead atoms. The van der Waals surface area contributed by atoms with Gasteiger partial charge in [-0.25, -0.2) is 0 Å². The second-order valence-electron chi connectivity index (χ2n) is 3.58. The summed E-state index contributed by atoms with van der Waals surface area (Å²) in [5.74, 6) is 0.823. The SMILES string of the molecule is CCOc1ccc(CNOC)c2cccnc12. The lowest BCUT2D eigenvalue weighted by Crippen LogP contribution is -2.11. The molecule has 0 aliphatic heterocycles. The summed E-state index contributed by atoms with van der Waals surface area (Å²) >= 11 is 0. The van der Waals surface area contributed by atoms with Crippen molar-refractivity contribution in [3.8, 4) is 5.75 Å². The zero-order valence-electron chi connectivity index (χ0n) is 10.1. The highest BCUT2D eigenvalue weighted by Gasteiger charge is 2.07. The molecule has 0 aliphatic rings. The second-order valence-corrected chi connectivity index (χ2v) is 3.58. The molecular formula is C13H16N2O2. The number of hydrogen-bond acceptors (Lipinski definition) is 4. The Morgan fingerprint density at radius 1 is 1.29 bits per heavy atom. The average Bonchev–Trinajstić information content (AvgIpc) is 2.38. The summed E-state index contributed by atoms with van der Waals surface area (Å²) in [7, 11) is 1.61. The molecule has 1 heterocycles. The van der Waals surface area contributed by atoms with Crippen LogP contribution in [0.1, 0.15) is 12.5 Å². The predicted octanol–water partition coefficient (Wildman–Crippen LogP) is 2.28. The van der Waals surface area contributed by atoms with Crippen LogP contribution in [0.5, 0.6) is 5.75 Å². The molecular weight excluding hydrogens is 216 g/mol. The van der Waals surface area contributed by atoms with Crippen molar-refractivity contribution in [2.75, 3.05) is 13.7 Å². The van der Waals surface area contributed by atoms with Gasteiger partial charge in [0.1, 0.15) is 11.3 Å². The number of nitrogens with one attached hydrogen (secondary N) is 1. The molecule has 0 amide bonds. The van der Waals surface area contributed by atoms with Gasteiger partial charge in [-0.2, -0.15) is 5.48 Å². The number of hydrogen-bond donors (Lipinski definition) is 1. The van der Waals surface area contributed by atoms with Gasteiger partial charge in [-0.15, -0.1) is 0 Å². The van der Waals surface area contributed by atoms with Crippen LogP contribution < -0.4 is 10.2 Å². The van der Waals surface area contributed by atoms with E-state index in [9.17, 15) is 0 Å². The molecule has 0 unspecified atom stereocenters. The quantitative estimate of drug-likeness (QED) is 0.803. The summed E-state index contributed by atoms with van der Waals surface area (Å²) in [6.45, 7) is 3.25. The molecule has 2 aromatic rings. The molecule has 2 rings (SSSR count). The highest BCUT2D eigenvalue weighted by molar-refractivity contribution is 5.87. The third-order valence-electron chi connectivity index (χ3n) is 2.53. The van der Waals surface area contributed by atoms with E-state index in [4.69, 9.17) is 9.57 Å². The van der Waals surface area contributed by atoms with Gasteiger partial charge in [0, 0.05) is 18.1 Å². The molecule has 1 aromatic carbocycles. The van der Waals surface area contributed by atoms with Gasteiger partial charge in [0.15, 0.2) is 0 Å². The minimum atomic E-state index is 0.640. The Kier molecular flexibility index (Phi) is 3.90. The van der Waals surface area contributed by atoms with E-state index in [0.29, 0.717) is 13.2 Å². The van der Waals surface area contributed by atoms with Gasteiger partial charge in [-0.3, -0.25) is 4.98 Å². The van der Waals surface area contributed by atoms with E-state index in [-0.39, 0.29) is 0 Å². The van der Waals surface area contributed by atoms with Gasteiger partial charge >= 0.3 is 0 Å². The standard InChI is InChI=1S/C13H16N2O2/c1-3-17-12-7-6-10(9-15-16-2)11-5-4-8-14-13(11)12/h4-8,15H,3,9H2,1-2H3. The first-order valence-electron chi connectivity index (χ1n) is 5.62. The number of ether oxygens (including phenoxy) is 1. The number of hydroxylamine groups is 1. The number of benzene rings is 1. The molecule has 1 aromatic heterocycles. The summed E-state index contributed by atoms with van der Waals surface area (Å²) in [6.07, 6.45) is 1.78. The molecule has 4 heteroatoms. The van der Waals surface area contributed by atoms with E-state index >= 15 is 0 Å². The first-order chi connectivity index (χ1) is 8.36. The highest BCUT2D eigenvalue weighted by Crippen LogP contribution is 2.26. The van der Waals surface area contributed by atoms with Crippen LogP contribution in [0.4, 0.5) is 0 Å². The monoisotopic (exact) mass is 232 g/mol. The average molecular weight is 232 g/mol. The molecule has 0 aliphatic carbocycles. The summed E-state index contributed by atoms with van der Waals surface area (Å²) in [5.41, 5.74) is 4.87. The Morgan fingerprint density at radius 2 is 2.18 bits per heavy atom. The Hall–Kier alpha value is -1.65. The van der Waals surface area contributed by atoms with Crippen molar-refractivity contribution in [2.45, 2.75) is 13.5 Å².